The first-order valence-corrected chi connectivity index (χ1v) is 7.35. The van der Waals surface area contributed by atoms with Crippen LogP contribution in [0, 0.1) is 6.92 Å². The van der Waals surface area contributed by atoms with Crippen LogP contribution in [-0.2, 0) is 4.79 Å². The molecule has 0 radical (unpaired) electrons. The number of carbonyl (C=O) groups is 1. The van der Waals surface area contributed by atoms with E-state index in [1.807, 2.05) is 56.3 Å². The highest BCUT2D eigenvalue weighted by Gasteiger charge is 2.15. The predicted octanol–water partition coefficient (Wildman–Crippen LogP) is 3.80. The van der Waals surface area contributed by atoms with E-state index in [4.69, 9.17) is 9.47 Å². The van der Waals surface area contributed by atoms with Crippen LogP contribution in [-0.4, -0.2) is 18.6 Å². The van der Waals surface area contributed by atoms with Crippen LogP contribution in [0.5, 0.6) is 11.5 Å². The number of carbonyl (C=O) groups excluding carboxylic acids is 1. The zero-order valence-corrected chi connectivity index (χ0v) is 13.1. The second kappa shape index (κ2) is 7.50. The summed E-state index contributed by atoms with van der Waals surface area (Å²) in [5.74, 6) is 1.22. The standard InChI is InChI=1S/C18H21NO3/c1-4-21-16-9-6-8-15(12-16)19-18(20)14(3)22-17-10-5-7-13(2)11-17/h5-12,14H,4H2,1-3H3,(H,19,20)/t14-/m0/s1. The molecule has 0 unspecified atom stereocenters. The number of hydrogen-bond donors (Lipinski definition) is 1. The van der Waals surface area contributed by atoms with E-state index in [1.54, 1.807) is 13.0 Å². The van der Waals surface area contributed by atoms with Crippen LogP contribution in [0.25, 0.3) is 0 Å². The van der Waals surface area contributed by atoms with Crippen LogP contribution in [0.4, 0.5) is 5.69 Å². The molecule has 2 aromatic rings. The van der Waals surface area contributed by atoms with Crippen LogP contribution in [0.1, 0.15) is 19.4 Å². The Balaban J connectivity index is 1.97. The van der Waals surface area contributed by atoms with Gasteiger partial charge in [0.05, 0.1) is 6.61 Å². The first-order chi connectivity index (χ1) is 10.6. The first kappa shape index (κ1) is 15.9. The lowest BCUT2D eigenvalue weighted by Gasteiger charge is -2.15. The SMILES string of the molecule is CCOc1cccc(NC(=O)[C@H](C)Oc2cccc(C)c2)c1. The Morgan fingerprint density at radius 3 is 2.59 bits per heavy atom. The van der Waals surface area contributed by atoms with Gasteiger partial charge in [-0.25, -0.2) is 0 Å². The van der Waals surface area contributed by atoms with Crippen molar-refractivity contribution in [2.24, 2.45) is 0 Å². The summed E-state index contributed by atoms with van der Waals surface area (Å²) < 4.78 is 11.1. The third-order valence-corrected chi connectivity index (χ3v) is 3.08. The van der Waals surface area contributed by atoms with Gasteiger partial charge in [-0.2, -0.15) is 0 Å². The monoisotopic (exact) mass is 299 g/mol. The molecular formula is C18H21NO3. The summed E-state index contributed by atoms with van der Waals surface area (Å²) in [5, 5.41) is 2.83. The van der Waals surface area contributed by atoms with Gasteiger partial charge in [-0.3, -0.25) is 4.79 Å². The number of amides is 1. The Labute approximate surface area is 131 Å². The Kier molecular flexibility index (Phi) is 5.42. The van der Waals surface area contributed by atoms with Crippen molar-refractivity contribution in [1.82, 2.24) is 0 Å². The molecule has 2 aromatic carbocycles. The summed E-state index contributed by atoms with van der Waals surface area (Å²) in [7, 11) is 0. The fourth-order valence-electron chi connectivity index (χ4n) is 2.02. The van der Waals surface area contributed by atoms with Crippen LogP contribution < -0.4 is 14.8 Å². The molecule has 0 bridgehead atoms. The summed E-state index contributed by atoms with van der Waals surface area (Å²) in [6.07, 6.45) is -0.586. The maximum atomic E-state index is 12.2. The van der Waals surface area contributed by atoms with Crippen molar-refractivity contribution in [2.45, 2.75) is 26.9 Å². The summed E-state index contributed by atoms with van der Waals surface area (Å²) in [6.45, 7) is 6.22. The van der Waals surface area contributed by atoms with Crippen LogP contribution in [0.3, 0.4) is 0 Å². The molecule has 0 aliphatic rings. The normalized spacial score (nSPS) is 11.6. The van der Waals surface area contributed by atoms with Crippen molar-refractivity contribution < 1.29 is 14.3 Å². The van der Waals surface area contributed by atoms with Crippen molar-refractivity contribution in [3.8, 4) is 11.5 Å². The lowest BCUT2D eigenvalue weighted by molar-refractivity contribution is -0.122. The van der Waals surface area contributed by atoms with Gasteiger partial charge in [-0.1, -0.05) is 18.2 Å². The summed E-state index contributed by atoms with van der Waals surface area (Å²) in [6, 6.07) is 14.9. The van der Waals surface area contributed by atoms with Gasteiger partial charge in [-0.15, -0.1) is 0 Å². The Bertz CT molecular complexity index is 640. The summed E-state index contributed by atoms with van der Waals surface area (Å²) >= 11 is 0. The summed E-state index contributed by atoms with van der Waals surface area (Å²) in [4.78, 5) is 12.2. The smallest absolute Gasteiger partial charge is 0.265 e. The van der Waals surface area contributed by atoms with E-state index in [-0.39, 0.29) is 5.91 Å². The number of ether oxygens (including phenoxy) is 2. The molecule has 0 aromatic heterocycles. The van der Waals surface area contributed by atoms with E-state index in [1.165, 1.54) is 0 Å². The Hall–Kier alpha value is -2.49. The van der Waals surface area contributed by atoms with E-state index < -0.39 is 6.10 Å². The van der Waals surface area contributed by atoms with Crippen molar-refractivity contribution in [3.05, 3.63) is 54.1 Å². The second-order valence-corrected chi connectivity index (χ2v) is 5.03. The van der Waals surface area contributed by atoms with Crippen LogP contribution >= 0.6 is 0 Å². The molecule has 0 saturated carbocycles. The van der Waals surface area contributed by atoms with Gasteiger partial charge in [-0.05, 0) is 50.6 Å². The van der Waals surface area contributed by atoms with Gasteiger partial charge < -0.3 is 14.8 Å². The first-order valence-electron chi connectivity index (χ1n) is 7.35. The second-order valence-electron chi connectivity index (χ2n) is 5.03. The molecule has 1 N–H and O–H groups in total. The largest absolute Gasteiger partial charge is 0.494 e. The van der Waals surface area contributed by atoms with Gasteiger partial charge in [0.25, 0.3) is 5.91 Å². The van der Waals surface area contributed by atoms with Crippen molar-refractivity contribution in [1.29, 1.82) is 0 Å². The molecule has 0 saturated heterocycles. The van der Waals surface area contributed by atoms with Crippen molar-refractivity contribution >= 4 is 11.6 Å². The van der Waals surface area contributed by atoms with E-state index >= 15 is 0 Å². The zero-order chi connectivity index (χ0) is 15.9. The quantitative estimate of drug-likeness (QED) is 0.882. The highest BCUT2D eigenvalue weighted by Crippen LogP contribution is 2.18. The molecule has 0 fully saturated rings. The van der Waals surface area contributed by atoms with Gasteiger partial charge in [0.2, 0.25) is 0 Å². The molecule has 0 aliphatic carbocycles. The molecule has 1 amide bonds. The number of benzene rings is 2. The number of aryl methyl sites for hydroxylation is 1. The highest BCUT2D eigenvalue weighted by molar-refractivity contribution is 5.94. The van der Waals surface area contributed by atoms with E-state index in [9.17, 15) is 4.79 Å². The maximum Gasteiger partial charge on any atom is 0.265 e. The molecule has 0 spiro atoms. The Morgan fingerprint density at radius 2 is 1.86 bits per heavy atom. The topological polar surface area (TPSA) is 47.6 Å². The molecule has 1 atom stereocenters. The minimum Gasteiger partial charge on any atom is -0.494 e. The molecule has 2 rings (SSSR count). The Morgan fingerprint density at radius 1 is 1.14 bits per heavy atom. The predicted molar refractivity (Wildman–Crippen MR) is 87.5 cm³/mol. The van der Waals surface area contributed by atoms with Gasteiger partial charge >= 0.3 is 0 Å². The minimum absolute atomic E-state index is 0.199. The third kappa shape index (κ3) is 4.52. The number of rotatable bonds is 6. The van der Waals surface area contributed by atoms with Crippen molar-refractivity contribution in [3.63, 3.8) is 0 Å². The molecule has 4 heteroatoms. The highest BCUT2D eigenvalue weighted by atomic mass is 16.5. The van der Waals surface area contributed by atoms with Crippen LogP contribution in [0.2, 0.25) is 0 Å². The van der Waals surface area contributed by atoms with Crippen molar-refractivity contribution in [2.75, 3.05) is 11.9 Å². The van der Waals surface area contributed by atoms with E-state index in [2.05, 4.69) is 5.32 Å². The zero-order valence-electron chi connectivity index (χ0n) is 13.1. The lowest BCUT2D eigenvalue weighted by atomic mass is 10.2. The average molecular weight is 299 g/mol. The fraction of sp³-hybridized carbons (Fsp3) is 0.278. The molecule has 4 nitrogen and oxygen atoms in total. The number of nitrogens with one attached hydrogen (secondary N) is 1. The number of hydrogen-bond acceptors (Lipinski definition) is 3. The fourth-order valence-corrected chi connectivity index (χ4v) is 2.02. The van der Waals surface area contributed by atoms with E-state index in [0.29, 0.717) is 18.0 Å². The molecule has 0 aliphatic heterocycles. The molecular weight excluding hydrogens is 278 g/mol. The van der Waals surface area contributed by atoms with Crippen LogP contribution in [0.15, 0.2) is 48.5 Å². The minimum atomic E-state index is -0.586. The van der Waals surface area contributed by atoms with Gasteiger partial charge in [0, 0.05) is 11.8 Å². The molecule has 0 heterocycles. The molecule has 116 valence electrons. The average Bonchev–Trinajstić information content (AvgIpc) is 2.48. The van der Waals surface area contributed by atoms with Gasteiger partial charge in [0.15, 0.2) is 6.10 Å². The third-order valence-electron chi connectivity index (χ3n) is 3.08. The molecule has 22 heavy (non-hydrogen) atoms. The number of anilines is 1. The van der Waals surface area contributed by atoms with E-state index in [0.717, 1.165) is 11.3 Å². The lowest BCUT2D eigenvalue weighted by Crippen LogP contribution is -2.30. The maximum absolute atomic E-state index is 12.2. The summed E-state index contributed by atoms with van der Waals surface area (Å²) in [5.41, 5.74) is 1.78. The van der Waals surface area contributed by atoms with Gasteiger partial charge in [0.1, 0.15) is 11.5 Å².